The average molecular weight is 610 g/mol. The van der Waals surface area contributed by atoms with Gasteiger partial charge in [-0.3, -0.25) is 4.79 Å². The first-order chi connectivity index (χ1) is 18.0. The Bertz CT molecular complexity index is 1260. The van der Waals surface area contributed by atoms with Gasteiger partial charge in [0.2, 0.25) is 5.91 Å². The highest BCUT2D eigenvalue weighted by Gasteiger charge is 2.54. The van der Waals surface area contributed by atoms with Crippen molar-refractivity contribution >= 4 is 39.1 Å². The summed E-state index contributed by atoms with van der Waals surface area (Å²) in [6, 6.07) is 21.5. The Hall–Kier alpha value is -2.39. The fourth-order valence-corrected chi connectivity index (χ4v) is 5.42. The zero-order valence-corrected chi connectivity index (χ0v) is 23.0. The SMILES string of the molecule is O=C(CCc1ccc(-c2ccccc2)cc1Br)Nc1ccc(CCN2CCC(O)(C(F)(F)F)CC2)c(Cl)c1. The molecule has 3 aromatic rings. The Morgan fingerprint density at radius 3 is 2.29 bits per heavy atom. The van der Waals surface area contributed by atoms with Gasteiger partial charge in [0.1, 0.15) is 0 Å². The quantitative estimate of drug-likeness (QED) is 0.282. The number of anilines is 1. The third-order valence-corrected chi connectivity index (χ3v) is 8.12. The Labute approximate surface area is 233 Å². The van der Waals surface area contributed by atoms with Gasteiger partial charge in [0.25, 0.3) is 0 Å². The molecule has 202 valence electrons. The minimum Gasteiger partial charge on any atom is -0.380 e. The molecule has 4 rings (SSSR count). The molecule has 0 aliphatic carbocycles. The number of carbonyl (C=O) groups excluding carboxylic acids is 1. The van der Waals surface area contributed by atoms with Crippen LogP contribution in [0.15, 0.2) is 71.2 Å². The molecule has 0 radical (unpaired) electrons. The maximum Gasteiger partial charge on any atom is 0.417 e. The third kappa shape index (κ3) is 7.17. The van der Waals surface area contributed by atoms with Crippen LogP contribution < -0.4 is 5.32 Å². The molecular formula is C29H29BrClF3N2O2. The minimum absolute atomic E-state index is 0.127. The van der Waals surface area contributed by atoms with Gasteiger partial charge in [-0.1, -0.05) is 76.1 Å². The molecule has 0 aromatic heterocycles. The molecule has 0 saturated carbocycles. The second-order valence-electron chi connectivity index (χ2n) is 9.65. The normalized spacial score (nSPS) is 15.8. The molecule has 0 bridgehead atoms. The molecule has 3 aromatic carbocycles. The summed E-state index contributed by atoms with van der Waals surface area (Å²) in [6.07, 6.45) is -3.82. The fraction of sp³-hybridized carbons (Fsp3) is 0.345. The molecule has 1 fully saturated rings. The lowest BCUT2D eigenvalue weighted by atomic mass is 9.90. The number of halogens is 5. The molecule has 1 saturated heterocycles. The molecule has 0 spiro atoms. The fourth-order valence-electron chi connectivity index (χ4n) is 4.57. The van der Waals surface area contributed by atoms with Gasteiger partial charge in [0.05, 0.1) is 0 Å². The van der Waals surface area contributed by atoms with Gasteiger partial charge in [0.15, 0.2) is 5.60 Å². The van der Waals surface area contributed by atoms with Crippen molar-refractivity contribution in [1.29, 1.82) is 0 Å². The molecule has 4 nitrogen and oxygen atoms in total. The van der Waals surface area contributed by atoms with Crippen LogP contribution in [-0.2, 0) is 17.6 Å². The number of amides is 1. The lowest BCUT2D eigenvalue weighted by Crippen LogP contribution is -2.53. The summed E-state index contributed by atoms with van der Waals surface area (Å²) in [5, 5.41) is 13.2. The predicted octanol–water partition coefficient (Wildman–Crippen LogP) is 7.27. The van der Waals surface area contributed by atoms with Crippen molar-refractivity contribution in [2.24, 2.45) is 0 Å². The summed E-state index contributed by atoms with van der Waals surface area (Å²) >= 11 is 10.1. The third-order valence-electron chi connectivity index (χ3n) is 7.03. The Balaban J connectivity index is 1.25. The number of hydrogen-bond donors (Lipinski definition) is 2. The second-order valence-corrected chi connectivity index (χ2v) is 10.9. The van der Waals surface area contributed by atoms with E-state index >= 15 is 0 Å². The van der Waals surface area contributed by atoms with Crippen molar-refractivity contribution in [2.45, 2.75) is 43.9 Å². The Morgan fingerprint density at radius 1 is 0.974 bits per heavy atom. The Kier molecular flexibility index (Phi) is 9.19. The molecule has 1 amide bonds. The van der Waals surface area contributed by atoms with Crippen LogP contribution in [-0.4, -0.2) is 47.3 Å². The van der Waals surface area contributed by atoms with Crippen LogP contribution in [0.25, 0.3) is 11.1 Å². The van der Waals surface area contributed by atoms with Crippen molar-refractivity contribution in [3.05, 3.63) is 87.4 Å². The monoisotopic (exact) mass is 608 g/mol. The maximum absolute atomic E-state index is 13.0. The molecule has 1 heterocycles. The summed E-state index contributed by atoms with van der Waals surface area (Å²) in [5.74, 6) is -0.127. The summed E-state index contributed by atoms with van der Waals surface area (Å²) in [6.45, 7) is 0.886. The summed E-state index contributed by atoms with van der Waals surface area (Å²) in [5.41, 5.74) is 2.12. The first-order valence-corrected chi connectivity index (χ1v) is 13.6. The van der Waals surface area contributed by atoms with E-state index in [1.165, 1.54) is 0 Å². The van der Waals surface area contributed by atoms with Crippen LogP contribution in [0.4, 0.5) is 18.9 Å². The van der Waals surface area contributed by atoms with Gasteiger partial charge >= 0.3 is 6.18 Å². The largest absolute Gasteiger partial charge is 0.417 e. The van der Waals surface area contributed by atoms with E-state index in [1.807, 2.05) is 41.3 Å². The molecule has 0 unspecified atom stereocenters. The molecule has 38 heavy (non-hydrogen) atoms. The van der Waals surface area contributed by atoms with Gasteiger partial charge in [-0.25, -0.2) is 0 Å². The average Bonchev–Trinajstić information content (AvgIpc) is 2.88. The number of alkyl halides is 3. The number of nitrogens with one attached hydrogen (secondary N) is 1. The van der Waals surface area contributed by atoms with Gasteiger partial charge in [-0.05, 0) is 66.1 Å². The van der Waals surface area contributed by atoms with Crippen molar-refractivity contribution in [3.8, 4) is 11.1 Å². The highest BCUT2D eigenvalue weighted by Crippen LogP contribution is 2.38. The molecule has 1 aliphatic heterocycles. The number of carbonyl (C=O) groups is 1. The van der Waals surface area contributed by atoms with Gasteiger partial charge < -0.3 is 15.3 Å². The van der Waals surface area contributed by atoms with Gasteiger partial charge in [0, 0.05) is 41.2 Å². The maximum atomic E-state index is 13.0. The summed E-state index contributed by atoms with van der Waals surface area (Å²) in [4.78, 5) is 14.5. The van der Waals surface area contributed by atoms with Crippen LogP contribution in [0.5, 0.6) is 0 Å². The molecule has 9 heteroatoms. The topological polar surface area (TPSA) is 52.6 Å². The van der Waals surface area contributed by atoms with Crippen LogP contribution in [0.3, 0.4) is 0 Å². The number of likely N-dealkylation sites (tertiary alicyclic amines) is 1. The lowest BCUT2D eigenvalue weighted by Gasteiger charge is -2.39. The zero-order valence-electron chi connectivity index (χ0n) is 20.7. The number of aliphatic hydroxyl groups is 1. The smallest absolute Gasteiger partial charge is 0.380 e. The highest BCUT2D eigenvalue weighted by atomic mass is 79.9. The van der Waals surface area contributed by atoms with E-state index in [0.29, 0.717) is 36.5 Å². The molecule has 2 N–H and O–H groups in total. The van der Waals surface area contributed by atoms with Crippen molar-refractivity contribution in [1.82, 2.24) is 4.90 Å². The standard InChI is InChI=1S/C29H29BrClF3N2O2/c30-25-18-23(20-4-2-1-3-5-20)7-6-21(25)9-11-27(37)35-24-10-8-22(26(31)19-24)12-15-36-16-13-28(38,14-17-36)29(32,33)34/h1-8,10,18-19,38H,9,11-17H2,(H,35,37). The first-order valence-electron chi connectivity index (χ1n) is 12.5. The summed E-state index contributed by atoms with van der Waals surface area (Å²) < 4.78 is 39.9. The van der Waals surface area contributed by atoms with E-state index in [0.717, 1.165) is 26.7 Å². The van der Waals surface area contributed by atoms with Crippen LogP contribution >= 0.6 is 27.5 Å². The minimum atomic E-state index is -4.61. The zero-order chi connectivity index (χ0) is 27.3. The van der Waals surface area contributed by atoms with Gasteiger partial charge in [-0.15, -0.1) is 0 Å². The van der Waals surface area contributed by atoms with E-state index in [2.05, 4.69) is 39.4 Å². The van der Waals surface area contributed by atoms with E-state index in [9.17, 15) is 23.1 Å². The number of hydrogen-bond acceptors (Lipinski definition) is 3. The van der Waals surface area contributed by atoms with E-state index < -0.39 is 11.8 Å². The molecule has 0 atom stereocenters. The Morgan fingerprint density at radius 2 is 1.66 bits per heavy atom. The first kappa shape index (κ1) is 28.6. The second kappa shape index (κ2) is 12.2. The number of aryl methyl sites for hydroxylation is 1. The van der Waals surface area contributed by atoms with Crippen LogP contribution in [0.2, 0.25) is 5.02 Å². The number of benzene rings is 3. The lowest BCUT2D eigenvalue weighted by molar-refractivity contribution is -0.272. The highest BCUT2D eigenvalue weighted by molar-refractivity contribution is 9.10. The van der Waals surface area contributed by atoms with Gasteiger partial charge in [-0.2, -0.15) is 13.2 Å². The van der Waals surface area contributed by atoms with E-state index in [1.54, 1.807) is 12.1 Å². The van der Waals surface area contributed by atoms with Crippen molar-refractivity contribution < 1.29 is 23.1 Å². The van der Waals surface area contributed by atoms with E-state index in [-0.39, 0.29) is 31.8 Å². The van der Waals surface area contributed by atoms with Crippen molar-refractivity contribution in [2.75, 3.05) is 25.0 Å². The van der Waals surface area contributed by atoms with Crippen LogP contribution in [0.1, 0.15) is 30.4 Å². The van der Waals surface area contributed by atoms with E-state index in [4.69, 9.17) is 11.6 Å². The number of nitrogens with zero attached hydrogens (tertiary/aromatic N) is 1. The number of piperidine rings is 1. The summed E-state index contributed by atoms with van der Waals surface area (Å²) in [7, 11) is 0. The van der Waals surface area contributed by atoms with Crippen molar-refractivity contribution in [3.63, 3.8) is 0 Å². The molecule has 1 aliphatic rings. The predicted molar refractivity (Wildman–Crippen MR) is 148 cm³/mol. The van der Waals surface area contributed by atoms with Crippen LogP contribution in [0, 0.1) is 0 Å². The molecular weight excluding hydrogens is 581 g/mol. The number of rotatable bonds is 8.